The Kier molecular flexibility index (Phi) is 2.60. The average Bonchev–Trinajstić information content (AvgIpc) is 2.87. The minimum atomic E-state index is 0.564. The zero-order valence-corrected chi connectivity index (χ0v) is 9.80. The fraction of sp³-hybridized carbons (Fsp3) is 0.417. The van der Waals surface area contributed by atoms with Gasteiger partial charge < -0.3 is 10.2 Å². The first-order valence-electron chi connectivity index (χ1n) is 5.87. The molecule has 1 fully saturated rings. The van der Waals surface area contributed by atoms with Crippen LogP contribution in [-0.4, -0.2) is 41.1 Å². The Morgan fingerprint density at radius 1 is 1.29 bits per heavy atom. The number of nitrogens with zero attached hydrogens (tertiary/aromatic N) is 4. The first kappa shape index (κ1) is 10.4. The summed E-state index contributed by atoms with van der Waals surface area (Å²) in [5.74, 6) is 0.996. The Balaban J connectivity index is 1.91. The Morgan fingerprint density at radius 3 is 3.00 bits per heavy atom. The average molecular weight is 229 g/mol. The Labute approximate surface area is 99.9 Å². The molecule has 1 atom stereocenters. The molecule has 17 heavy (non-hydrogen) atoms. The summed E-state index contributed by atoms with van der Waals surface area (Å²) in [5.41, 5.74) is 1.57. The molecule has 0 bridgehead atoms. The molecule has 0 spiro atoms. The third-order valence-electron chi connectivity index (χ3n) is 3.24. The maximum atomic E-state index is 4.55. The van der Waals surface area contributed by atoms with Gasteiger partial charge in [-0.25, -0.2) is 9.97 Å². The predicted octanol–water partition coefficient (Wildman–Crippen LogP) is 0.823. The van der Waals surface area contributed by atoms with Crippen LogP contribution in [0.3, 0.4) is 0 Å². The van der Waals surface area contributed by atoms with Crippen LogP contribution in [0.2, 0.25) is 0 Å². The van der Waals surface area contributed by atoms with E-state index in [-0.39, 0.29) is 0 Å². The second-order valence-corrected chi connectivity index (χ2v) is 4.29. The topological polar surface area (TPSA) is 53.9 Å². The van der Waals surface area contributed by atoms with Crippen LogP contribution in [0.25, 0.3) is 11.2 Å². The summed E-state index contributed by atoms with van der Waals surface area (Å²) < 4.78 is 0. The molecule has 88 valence electrons. The van der Waals surface area contributed by atoms with E-state index in [0.717, 1.165) is 36.5 Å². The normalized spacial score (nSPS) is 20.1. The lowest BCUT2D eigenvalue weighted by atomic mass is 10.3. The van der Waals surface area contributed by atoms with Gasteiger partial charge in [0.15, 0.2) is 5.65 Å². The molecule has 0 radical (unpaired) electrons. The molecule has 0 aliphatic carbocycles. The summed E-state index contributed by atoms with van der Waals surface area (Å²) in [6.07, 6.45) is 4.53. The molecule has 0 saturated carbocycles. The SMILES string of the molecule is CNC1CCN(c2ccc3nccnc3n2)C1. The van der Waals surface area contributed by atoms with Crippen molar-refractivity contribution in [1.82, 2.24) is 20.3 Å². The van der Waals surface area contributed by atoms with Crippen molar-refractivity contribution in [2.75, 3.05) is 25.0 Å². The molecule has 1 unspecified atom stereocenters. The zero-order valence-electron chi connectivity index (χ0n) is 9.80. The number of rotatable bonds is 2. The van der Waals surface area contributed by atoms with E-state index in [1.165, 1.54) is 0 Å². The molecule has 5 heteroatoms. The number of aromatic nitrogens is 3. The molecular weight excluding hydrogens is 214 g/mol. The Hall–Kier alpha value is -1.75. The lowest BCUT2D eigenvalue weighted by Crippen LogP contribution is -2.29. The summed E-state index contributed by atoms with van der Waals surface area (Å²) in [6.45, 7) is 2.06. The first-order valence-corrected chi connectivity index (χ1v) is 5.87. The fourth-order valence-electron chi connectivity index (χ4n) is 2.22. The van der Waals surface area contributed by atoms with Gasteiger partial charge in [0.25, 0.3) is 0 Å². The van der Waals surface area contributed by atoms with Gasteiger partial charge in [-0.1, -0.05) is 0 Å². The highest BCUT2D eigenvalue weighted by Crippen LogP contribution is 2.19. The highest BCUT2D eigenvalue weighted by Gasteiger charge is 2.22. The molecule has 2 aromatic rings. The summed E-state index contributed by atoms with van der Waals surface area (Å²) in [7, 11) is 2.01. The zero-order chi connectivity index (χ0) is 11.7. The number of hydrogen-bond acceptors (Lipinski definition) is 5. The molecule has 3 rings (SSSR count). The molecule has 1 aliphatic heterocycles. The molecule has 2 aromatic heterocycles. The van der Waals surface area contributed by atoms with Crippen molar-refractivity contribution in [3.05, 3.63) is 24.5 Å². The van der Waals surface area contributed by atoms with E-state index >= 15 is 0 Å². The standard InChI is InChI=1S/C12H15N5/c1-13-9-4-7-17(8-9)11-3-2-10-12(16-11)15-6-5-14-10/h2-3,5-6,9,13H,4,7-8H2,1H3. The fourth-order valence-corrected chi connectivity index (χ4v) is 2.22. The van der Waals surface area contributed by atoms with Crippen LogP contribution in [-0.2, 0) is 0 Å². The van der Waals surface area contributed by atoms with Crippen molar-refractivity contribution >= 4 is 17.0 Å². The van der Waals surface area contributed by atoms with Gasteiger partial charge in [-0.3, -0.25) is 4.98 Å². The minimum Gasteiger partial charge on any atom is -0.355 e. The highest BCUT2D eigenvalue weighted by atomic mass is 15.2. The Bertz CT molecular complexity index is 527. The van der Waals surface area contributed by atoms with E-state index in [1.807, 2.05) is 19.2 Å². The first-order chi connectivity index (χ1) is 8.36. The third-order valence-corrected chi connectivity index (χ3v) is 3.24. The van der Waals surface area contributed by atoms with E-state index in [0.29, 0.717) is 6.04 Å². The molecule has 0 amide bonds. The van der Waals surface area contributed by atoms with Gasteiger partial charge in [-0.15, -0.1) is 0 Å². The lowest BCUT2D eigenvalue weighted by molar-refractivity contribution is 0.616. The van der Waals surface area contributed by atoms with Crippen molar-refractivity contribution in [3.63, 3.8) is 0 Å². The third kappa shape index (κ3) is 1.93. The van der Waals surface area contributed by atoms with Crippen LogP contribution in [0.5, 0.6) is 0 Å². The van der Waals surface area contributed by atoms with Crippen molar-refractivity contribution in [1.29, 1.82) is 0 Å². The van der Waals surface area contributed by atoms with Gasteiger partial charge in [0.1, 0.15) is 11.3 Å². The summed E-state index contributed by atoms with van der Waals surface area (Å²) in [5, 5.41) is 3.30. The second kappa shape index (κ2) is 4.25. The molecule has 3 heterocycles. The van der Waals surface area contributed by atoms with Crippen molar-refractivity contribution in [3.8, 4) is 0 Å². The number of hydrogen-bond donors (Lipinski definition) is 1. The maximum Gasteiger partial charge on any atom is 0.180 e. The quantitative estimate of drug-likeness (QED) is 0.826. The Morgan fingerprint density at radius 2 is 2.18 bits per heavy atom. The number of likely N-dealkylation sites (N-methyl/N-ethyl adjacent to an activating group) is 1. The van der Waals surface area contributed by atoms with Crippen molar-refractivity contribution in [2.24, 2.45) is 0 Å². The van der Waals surface area contributed by atoms with E-state index in [2.05, 4.69) is 25.2 Å². The van der Waals surface area contributed by atoms with Gasteiger partial charge in [0.05, 0.1) is 0 Å². The maximum absolute atomic E-state index is 4.55. The minimum absolute atomic E-state index is 0.564. The number of pyridine rings is 1. The van der Waals surface area contributed by atoms with E-state index < -0.39 is 0 Å². The van der Waals surface area contributed by atoms with Crippen LogP contribution < -0.4 is 10.2 Å². The molecule has 1 saturated heterocycles. The number of anilines is 1. The van der Waals surface area contributed by atoms with Gasteiger partial charge in [0.2, 0.25) is 0 Å². The van der Waals surface area contributed by atoms with Crippen LogP contribution in [0.4, 0.5) is 5.82 Å². The van der Waals surface area contributed by atoms with E-state index in [4.69, 9.17) is 0 Å². The molecule has 1 N–H and O–H groups in total. The number of fused-ring (bicyclic) bond motifs is 1. The highest BCUT2D eigenvalue weighted by molar-refractivity contribution is 5.71. The van der Waals surface area contributed by atoms with Gasteiger partial charge in [-0.2, -0.15) is 0 Å². The van der Waals surface area contributed by atoms with Crippen molar-refractivity contribution in [2.45, 2.75) is 12.5 Å². The van der Waals surface area contributed by atoms with Gasteiger partial charge in [0, 0.05) is 31.5 Å². The van der Waals surface area contributed by atoms with Crippen LogP contribution in [0.1, 0.15) is 6.42 Å². The van der Waals surface area contributed by atoms with Crippen molar-refractivity contribution < 1.29 is 0 Å². The number of nitrogens with one attached hydrogen (secondary N) is 1. The van der Waals surface area contributed by atoms with Crippen LogP contribution >= 0.6 is 0 Å². The second-order valence-electron chi connectivity index (χ2n) is 4.29. The van der Waals surface area contributed by atoms with Gasteiger partial charge >= 0.3 is 0 Å². The summed E-state index contributed by atoms with van der Waals surface area (Å²) in [6, 6.07) is 4.57. The predicted molar refractivity (Wildman–Crippen MR) is 67.0 cm³/mol. The summed E-state index contributed by atoms with van der Waals surface area (Å²) in [4.78, 5) is 15.3. The largest absolute Gasteiger partial charge is 0.355 e. The smallest absolute Gasteiger partial charge is 0.180 e. The monoisotopic (exact) mass is 229 g/mol. The lowest BCUT2D eigenvalue weighted by Gasteiger charge is -2.17. The summed E-state index contributed by atoms with van der Waals surface area (Å²) >= 11 is 0. The van der Waals surface area contributed by atoms with Crippen LogP contribution in [0, 0.1) is 0 Å². The molecule has 5 nitrogen and oxygen atoms in total. The van der Waals surface area contributed by atoms with E-state index in [9.17, 15) is 0 Å². The van der Waals surface area contributed by atoms with Crippen LogP contribution in [0.15, 0.2) is 24.5 Å². The van der Waals surface area contributed by atoms with Gasteiger partial charge in [-0.05, 0) is 25.6 Å². The molecular formula is C12H15N5. The molecule has 0 aromatic carbocycles. The molecule has 1 aliphatic rings. The van der Waals surface area contributed by atoms with E-state index in [1.54, 1.807) is 12.4 Å².